The molecule has 1 aromatic rings. The number of nitrogens with one attached hydrogen (secondary N) is 1. The molecule has 1 rings (SSSR count). The van der Waals surface area contributed by atoms with Crippen LogP contribution in [0.4, 0.5) is 11.4 Å². The highest BCUT2D eigenvalue weighted by atomic mass is 35.5. The zero-order valence-electron chi connectivity index (χ0n) is 12.9. The summed E-state index contributed by atoms with van der Waals surface area (Å²) < 4.78 is 0. The van der Waals surface area contributed by atoms with Crippen LogP contribution in [0.25, 0.3) is 0 Å². The number of hydrogen-bond acceptors (Lipinski definition) is 5. The van der Waals surface area contributed by atoms with E-state index in [2.05, 4.69) is 5.32 Å². The van der Waals surface area contributed by atoms with Crippen molar-refractivity contribution >= 4 is 35.7 Å². The topological polar surface area (TPSA) is 113 Å². The Balaban J connectivity index is 0.00000484. The minimum Gasteiger partial charge on any atom is -0.480 e. The number of nitro benzene ring substituents is 1. The van der Waals surface area contributed by atoms with Gasteiger partial charge in [-0.05, 0) is 25.5 Å². The fourth-order valence-electron chi connectivity index (χ4n) is 1.97. The van der Waals surface area contributed by atoms with Crippen molar-refractivity contribution in [1.29, 1.82) is 0 Å². The van der Waals surface area contributed by atoms with Crippen LogP contribution in [0.15, 0.2) is 18.2 Å². The van der Waals surface area contributed by atoms with E-state index < -0.39 is 16.8 Å². The predicted octanol–water partition coefficient (Wildman–Crippen LogP) is 2.06. The maximum Gasteiger partial charge on any atom is 0.317 e. The minimum atomic E-state index is -1.01. The highest BCUT2D eigenvalue weighted by Crippen LogP contribution is 2.21. The lowest BCUT2D eigenvalue weighted by molar-refractivity contribution is -0.384. The summed E-state index contributed by atoms with van der Waals surface area (Å²) in [5, 5.41) is 22.1. The molecule has 0 aliphatic carbocycles. The Morgan fingerprint density at radius 1 is 1.35 bits per heavy atom. The lowest BCUT2D eigenvalue weighted by atomic mass is 10.2. The normalized spacial score (nSPS) is 10.0. The number of nitro groups is 1. The van der Waals surface area contributed by atoms with Gasteiger partial charge in [-0.1, -0.05) is 13.0 Å². The smallest absolute Gasteiger partial charge is 0.317 e. The zero-order valence-corrected chi connectivity index (χ0v) is 13.8. The van der Waals surface area contributed by atoms with Gasteiger partial charge >= 0.3 is 5.97 Å². The van der Waals surface area contributed by atoms with Gasteiger partial charge in [-0.2, -0.15) is 0 Å². The molecule has 0 aliphatic rings. The van der Waals surface area contributed by atoms with E-state index in [0.29, 0.717) is 17.8 Å². The number of aliphatic carboxylic acids is 1. The monoisotopic (exact) mass is 345 g/mol. The average Bonchev–Trinajstić information content (AvgIpc) is 2.40. The standard InChI is InChI=1S/C14H19N3O5.ClH/c1-3-6-16(9-14(19)20)8-13(18)15-12-7-11(17(21)22)5-4-10(12)2;/h4-5,7H,3,6,8-9H2,1-2H3,(H,15,18)(H,19,20);1H. The van der Waals surface area contributed by atoms with Gasteiger partial charge in [0, 0.05) is 12.1 Å². The maximum atomic E-state index is 12.0. The highest BCUT2D eigenvalue weighted by Gasteiger charge is 2.15. The van der Waals surface area contributed by atoms with Gasteiger partial charge in [0.25, 0.3) is 5.69 Å². The summed E-state index contributed by atoms with van der Waals surface area (Å²) in [6, 6.07) is 4.20. The van der Waals surface area contributed by atoms with Crippen molar-refractivity contribution in [3.63, 3.8) is 0 Å². The largest absolute Gasteiger partial charge is 0.480 e. The molecule has 2 N–H and O–H groups in total. The second-order valence-corrected chi connectivity index (χ2v) is 4.91. The minimum absolute atomic E-state index is 0. The molecule has 1 amide bonds. The van der Waals surface area contributed by atoms with Crippen LogP contribution >= 0.6 is 12.4 Å². The summed E-state index contributed by atoms with van der Waals surface area (Å²) in [6.07, 6.45) is 0.719. The lowest BCUT2D eigenvalue weighted by Gasteiger charge is -2.19. The number of anilines is 1. The number of benzene rings is 1. The molecule has 0 bridgehead atoms. The molecule has 0 heterocycles. The first-order valence-corrected chi connectivity index (χ1v) is 6.82. The van der Waals surface area contributed by atoms with Crippen molar-refractivity contribution in [2.24, 2.45) is 0 Å². The molecule has 128 valence electrons. The van der Waals surface area contributed by atoms with E-state index in [1.165, 1.54) is 17.0 Å². The quantitative estimate of drug-likeness (QED) is 0.550. The van der Waals surface area contributed by atoms with Crippen molar-refractivity contribution in [3.05, 3.63) is 33.9 Å². The van der Waals surface area contributed by atoms with E-state index in [0.717, 1.165) is 6.42 Å². The predicted molar refractivity (Wildman–Crippen MR) is 88.1 cm³/mol. The molecule has 0 radical (unpaired) electrons. The molecule has 1 aromatic carbocycles. The van der Waals surface area contributed by atoms with Gasteiger partial charge in [-0.15, -0.1) is 12.4 Å². The Morgan fingerprint density at radius 3 is 2.52 bits per heavy atom. The second kappa shape index (κ2) is 9.75. The van der Waals surface area contributed by atoms with E-state index in [-0.39, 0.29) is 31.2 Å². The number of nitrogens with zero attached hydrogens (tertiary/aromatic N) is 2. The molecule has 0 atom stereocenters. The van der Waals surface area contributed by atoms with Crippen LogP contribution in [0.2, 0.25) is 0 Å². The van der Waals surface area contributed by atoms with Crippen LogP contribution in [-0.2, 0) is 9.59 Å². The SMILES string of the molecule is CCCN(CC(=O)O)CC(=O)Nc1cc([N+](=O)[O-])ccc1C.Cl. The molecule has 0 saturated heterocycles. The fraction of sp³-hybridized carbons (Fsp3) is 0.429. The summed E-state index contributed by atoms with van der Waals surface area (Å²) in [5.41, 5.74) is 0.932. The molecule has 9 heteroatoms. The number of amides is 1. The van der Waals surface area contributed by atoms with Gasteiger partial charge in [0.05, 0.1) is 23.7 Å². The number of aryl methyl sites for hydroxylation is 1. The Morgan fingerprint density at radius 2 is 2.00 bits per heavy atom. The molecule has 0 unspecified atom stereocenters. The summed E-state index contributed by atoms with van der Waals surface area (Å²) in [4.78, 5) is 34.5. The van der Waals surface area contributed by atoms with Crippen LogP contribution in [0.5, 0.6) is 0 Å². The molecule has 0 fully saturated rings. The van der Waals surface area contributed by atoms with Gasteiger partial charge in [-0.25, -0.2) is 0 Å². The Bertz CT molecular complexity index is 580. The Kier molecular flexibility index (Phi) is 8.82. The van der Waals surface area contributed by atoms with Gasteiger partial charge in [-0.3, -0.25) is 24.6 Å². The maximum absolute atomic E-state index is 12.0. The number of carboxylic acid groups (broad SMARTS) is 1. The van der Waals surface area contributed by atoms with Crippen LogP contribution < -0.4 is 5.32 Å². The number of carboxylic acids is 1. The zero-order chi connectivity index (χ0) is 16.7. The summed E-state index contributed by atoms with van der Waals surface area (Å²) in [6.45, 7) is 3.78. The fourth-order valence-corrected chi connectivity index (χ4v) is 1.97. The third-order valence-corrected chi connectivity index (χ3v) is 2.97. The number of carbonyl (C=O) groups excluding carboxylic acids is 1. The molecule has 0 saturated carbocycles. The van der Waals surface area contributed by atoms with Gasteiger partial charge in [0.2, 0.25) is 5.91 Å². The third kappa shape index (κ3) is 7.07. The lowest BCUT2D eigenvalue weighted by Crippen LogP contribution is -2.37. The molecule has 0 spiro atoms. The Hall–Kier alpha value is -2.19. The van der Waals surface area contributed by atoms with Crippen LogP contribution in [0.1, 0.15) is 18.9 Å². The summed E-state index contributed by atoms with van der Waals surface area (Å²) >= 11 is 0. The van der Waals surface area contributed by atoms with Crippen LogP contribution in [-0.4, -0.2) is 46.4 Å². The average molecular weight is 346 g/mol. The van der Waals surface area contributed by atoms with E-state index in [1.54, 1.807) is 13.0 Å². The molecule has 8 nitrogen and oxygen atoms in total. The van der Waals surface area contributed by atoms with Gasteiger partial charge in [0.1, 0.15) is 0 Å². The first kappa shape index (κ1) is 20.8. The van der Waals surface area contributed by atoms with Crippen molar-refractivity contribution in [2.75, 3.05) is 25.0 Å². The van der Waals surface area contributed by atoms with Crippen LogP contribution in [0.3, 0.4) is 0 Å². The first-order valence-electron chi connectivity index (χ1n) is 6.82. The number of carbonyl (C=O) groups is 2. The third-order valence-electron chi connectivity index (χ3n) is 2.97. The van der Waals surface area contributed by atoms with E-state index in [1.807, 2.05) is 6.92 Å². The van der Waals surface area contributed by atoms with E-state index in [9.17, 15) is 19.7 Å². The molecule has 23 heavy (non-hydrogen) atoms. The summed E-state index contributed by atoms with van der Waals surface area (Å²) in [5.74, 6) is -1.41. The van der Waals surface area contributed by atoms with Crippen molar-refractivity contribution in [2.45, 2.75) is 20.3 Å². The molecular formula is C14H20ClN3O5. The number of halogens is 1. The van der Waals surface area contributed by atoms with E-state index in [4.69, 9.17) is 5.11 Å². The number of hydrogen-bond donors (Lipinski definition) is 2. The van der Waals surface area contributed by atoms with Gasteiger partial charge < -0.3 is 10.4 Å². The van der Waals surface area contributed by atoms with Crippen molar-refractivity contribution < 1.29 is 19.6 Å². The molecule has 0 aromatic heterocycles. The molecular weight excluding hydrogens is 326 g/mol. The van der Waals surface area contributed by atoms with Gasteiger partial charge in [0.15, 0.2) is 0 Å². The molecule has 0 aliphatic heterocycles. The van der Waals surface area contributed by atoms with Crippen molar-refractivity contribution in [3.8, 4) is 0 Å². The van der Waals surface area contributed by atoms with Crippen LogP contribution in [0, 0.1) is 17.0 Å². The highest BCUT2D eigenvalue weighted by molar-refractivity contribution is 5.93. The second-order valence-electron chi connectivity index (χ2n) is 4.91. The van der Waals surface area contributed by atoms with Crippen molar-refractivity contribution in [1.82, 2.24) is 4.90 Å². The number of non-ortho nitro benzene ring substituents is 1. The summed E-state index contributed by atoms with van der Waals surface area (Å²) in [7, 11) is 0. The first-order chi connectivity index (χ1) is 10.3. The number of rotatable bonds is 8. The van der Waals surface area contributed by atoms with E-state index >= 15 is 0 Å². The Labute approximate surface area is 140 Å².